The molecule has 0 saturated heterocycles. The van der Waals surface area contributed by atoms with Crippen molar-refractivity contribution in [3.8, 4) is 0 Å². The van der Waals surface area contributed by atoms with Crippen LogP contribution in [0.15, 0.2) is 22.7 Å². The minimum absolute atomic E-state index is 0.249. The molecule has 1 unspecified atom stereocenters. The van der Waals surface area contributed by atoms with Gasteiger partial charge in [0.2, 0.25) is 0 Å². The SMILES string of the molecule is CNC(Cc1nc(C)c(C)s1)c1ccc(Cl)c(Br)c1. The average Bonchev–Trinajstić information content (AvgIpc) is 2.69. The van der Waals surface area contributed by atoms with Crippen LogP contribution in [0.3, 0.4) is 0 Å². The summed E-state index contributed by atoms with van der Waals surface area (Å²) >= 11 is 11.3. The van der Waals surface area contributed by atoms with Gasteiger partial charge in [-0.3, -0.25) is 0 Å². The van der Waals surface area contributed by atoms with Crippen LogP contribution in [0.2, 0.25) is 5.02 Å². The van der Waals surface area contributed by atoms with E-state index in [9.17, 15) is 0 Å². The van der Waals surface area contributed by atoms with E-state index in [1.165, 1.54) is 15.4 Å². The summed E-state index contributed by atoms with van der Waals surface area (Å²) in [4.78, 5) is 5.90. The molecule has 0 aliphatic heterocycles. The zero-order valence-corrected chi connectivity index (χ0v) is 14.3. The summed E-state index contributed by atoms with van der Waals surface area (Å²) in [5.74, 6) is 0. The molecule has 0 bridgehead atoms. The van der Waals surface area contributed by atoms with Gasteiger partial charge in [-0.2, -0.15) is 0 Å². The molecule has 19 heavy (non-hydrogen) atoms. The van der Waals surface area contributed by atoms with Crippen LogP contribution in [0.25, 0.3) is 0 Å². The molecule has 0 amide bonds. The largest absolute Gasteiger partial charge is 0.313 e. The number of hydrogen-bond acceptors (Lipinski definition) is 3. The second-order valence-corrected chi connectivity index (χ2v) is 7.02. The van der Waals surface area contributed by atoms with E-state index in [0.717, 1.165) is 21.6 Å². The summed E-state index contributed by atoms with van der Waals surface area (Å²) in [6.07, 6.45) is 0.893. The molecular weight excluding hydrogens is 344 g/mol. The lowest BCUT2D eigenvalue weighted by Crippen LogP contribution is -2.18. The molecular formula is C14H16BrClN2S. The molecule has 5 heteroatoms. The molecule has 1 atom stereocenters. The first-order chi connectivity index (χ1) is 9.01. The fraction of sp³-hybridized carbons (Fsp3) is 0.357. The van der Waals surface area contributed by atoms with Gasteiger partial charge in [-0.15, -0.1) is 11.3 Å². The molecule has 1 N–H and O–H groups in total. The van der Waals surface area contributed by atoms with E-state index in [4.69, 9.17) is 11.6 Å². The molecule has 2 rings (SSSR count). The van der Waals surface area contributed by atoms with Gasteiger partial charge >= 0.3 is 0 Å². The first-order valence-corrected chi connectivity index (χ1v) is 8.05. The van der Waals surface area contributed by atoms with Gasteiger partial charge in [0.15, 0.2) is 0 Å². The van der Waals surface area contributed by atoms with E-state index in [1.54, 1.807) is 11.3 Å². The van der Waals surface area contributed by atoms with Gasteiger partial charge in [0, 0.05) is 21.8 Å². The molecule has 2 aromatic rings. The van der Waals surface area contributed by atoms with E-state index < -0.39 is 0 Å². The van der Waals surface area contributed by atoms with Crippen LogP contribution >= 0.6 is 38.9 Å². The smallest absolute Gasteiger partial charge is 0.0949 e. The number of aryl methyl sites for hydroxylation is 2. The van der Waals surface area contributed by atoms with Crippen LogP contribution in [0, 0.1) is 13.8 Å². The lowest BCUT2D eigenvalue weighted by molar-refractivity contribution is 0.589. The van der Waals surface area contributed by atoms with Gasteiger partial charge in [0.25, 0.3) is 0 Å². The quantitative estimate of drug-likeness (QED) is 0.857. The lowest BCUT2D eigenvalue weighted by atomic mass is 10.0. The molecule has 1 aromatic heterocycles. The zero-order chi connectivity index (χ0) is 14.0. The van der Waals surface area contributed by atoms with Crippen LogP contribution in [0.5, 0.6) is 0 Å². The fourth-order valence-electron chi connectivity index (χ4n) is 1.92. The standard InChI is InChI=1S/C14H16BrClN2S/c1-8-9(2)19-14(18-8)7-13(17-3)10-4-5-12(16)11(15)6-10/h4-6,13,17H,7H2,1-3H3. The Morgan fingerprint density at radius 3 is 2.68 bits per heavy atom. The number of benzene rings is 1. The van der Waals surface area contributed by atoms with Crippen LogP contribution in [-0.2, 0) is 6.42 Å². The van der Waals surface area contributed by atoms with E-state index in [2.05, 4.69) is 52.2 Å². The zero-order valence-electron chi connectivity index (χ0n) is 11.1. The van der Waals surface area contributed by atoms with Gasteiger partial charge in [-0.05, 0) is 54.5 Å². The Labute approximate surface area is 131 Å². The lowest BCUT2D eigenvalue weighted by Gasteiger charge is -2.16. The Morgan fingerprint density at radius 1 is 1.42 bits per heavy atom. The number of hydrogen-bond donors (Lipinski definition) is 1. The minimum atomic E-state index is 0.249. The van der Waals surface area contributed by atoms with Crippen LogP contribution in [0.4, 0.5) is 0 Å². The third kappa shape index (κ3) is 3.57. The van der Waals surface area contributed by atoms with Crippen molar-refractivity contribution in [1.29, 1.82) is 0 Å². The van der Waals surface area contributed by atoms with Crippen molar-refractivity contribution < 1.29 is 0 Å². The van der Waals surface area contributed by atoms with Gasteiger partial charge in [-0.1, -0.05) is 17.7 Å². The molecule has 0 saturated carbocycles. The molecule has 2 nitrogen and oxygen atoms in total. The number of rotatable bonds is 4. The van der Waals surface area contributed by atoms with Crippen molar-refractivity contribution in [2.45, 2.75) is 26.3 Å². The maximum Gasteiger partial charge on any atom is 0.0949 e. The van der Waals surface area contributed by atoms with Gasteiger partial charge in [-0.25, -0.2) is 4.98 Å². The normalized spacial score (nSPS) is 12.7. The predicted molar refractivity (Wildman–Crippen MR) is 86.2 cm³/mol. The Kier molecular flexibility index (Phi) is 5.01. The molecule has 0 aliphatic carbocycles. The highest BCUT2D eigenvalue weighted by molar-refractivity contribution is 9.10. The third-order valence-electron chi connectivity index (χ3n) is 3.15. The Morgan fingerprint density at radius 2 is 2.16 bits per heavy atom. The Bertz CT molecular complexity index is 563. The van der Waals surface area contributed by atoms with Crippen molar-refractivity contribution in [3.63, 3.8) is 0 Å². The van der Waals surface area contributed by atoms with Crippen molar-refractivity contribution in [2.24, 2.45) is 0 Å². The molecule has 0 spiro atoms. The highest BCUT2D eigenvalue weighted by Gasteiger charge is 2.14. The van der Waals surface area contributed by atoms with Crippen LogP contribution < -0.4 is 5.32 Å². The first-order valence-electron chi connectivity index (χ1n) is 6.06. The third-order valence-corrected chi connectivity index (χ3v) is 5.46. The Balaban J connectivity index is 2.22. The average molecular weight is 360 g/mol. The number of nitrogens with one attached hydrogen (secondary N) is 1. The summed E-state index contributed by atoms with van der Waals surface area (Å²) < 4.78 is 0.929. The van der Waals surface area contributed by atoms with Crippen molar-refractivity contribution in [1.82, 2.24) is 10.3 Å². The second-order valence-electron chi connectivity index (χ2n) is 4.47. The maximum atomic E-state index is 6.04. The number of nitrogens with zero attached hydrogens (tertiary/aromatic N) is 1. The van der Waals surface area contributed by atoms with Gasteiger partial charge in [0.1, 0.15) is 0 Å². The fourth-order valence-corrected chi connectivity index (χ4v) is 3.41. The van der Waals surface area contributed by atoms with Gasteiger partial charge < -0.3 is 5.32 Å². The summed E-state index contributed by atoms with van der Waals surface area (Å²) in [7, 11) is 1.97. The van der Waals surface area contributed by atoms with E-state index in [0.29, 0.717) is 0 Å². The van der Waals surface area contributed by atoms with E-state index in [-0.39, 0.29) is 6.04 Å². The van der Waals surface area contributed by atoms with Crippen LogP contribution in [-0.4, -0.2) is 12.0 Å². The predicted octanol–water partition coefficient (Wildman–Crippen LogP) is 4.68. The summed E-state index contributed by atoms with van der Waals surface area (Å²) in [5.41, 5.74) is 2.34. The van der Waals surface area contributed by atoms with E-state index >= 15 is 0 Å². The first kappa shape index (κ1) is 15.0. The summed E-state index contributed by atoms with van der Waals surface area (Å²) in [6, 6.07) is 6.29. The topological polar surface area (TPSA) is 24.9 Å². The minimum Gasteiger partial charge on any atom is -0.313 e. The highest BCUT2D eigenvalue weighted by atomic mass is 79.9. The number of halogens is 2. The molecule has 0 aliphatic rings. The van der Waals surface area contributed by atoms with E-state index in [1.807, 2.05) is 13.1 Å². The number of aromatic nitrogens is 1. The van der Waals surface area contributed by atoms with Crippen molar-refractivity contribution in [2.75, 3.05) is 7.05 Å². The molecule has 1 aromatic carbocycles. The number of thiazole rings is 1. The van der Waals surface area contributed by atoms with Crippen molar-refractivity contribution in [3.05, 3.63) is 48.8 Å². The monoisotopic (exact) mass is 358 g/mol. The Hall–Kier alpha value is -0.420. The second kappa shape index (κ2) is 6.35. The van der Waals surface area contributed by atoms with Crippen LogP contribution in [0.1, 0.15) is 27.2 Å². The molecule has 0 radical (unpaired) electrons. The molecule has 102 valence electrons. The number of likely N-dealkylation sites (N-methyl/N-ethyl adjacent to an activating group) is 1. The highest BCUT2D eigenvalue weighted by Crippen LogP contribution is 2.28. The molecule has 1 heterocycles. The summed E-state index contributed by atoms with van der Waals surface area (Å²) in [5, 5.41) is 5.25. The maximum absolute atomic E-state index is 6.04. The summed E-state index contributed by atoms with van der Waals surface area (Å²) in [6.45, 7) is 4.17. The molecule has 0 fully saturated rings. The van der Waals surface area contributed by atoms with Crippen molar-refractivity contribution >= 4 is 38.9 Å². The van der Waals surface area contributed by atoms with Gasteiger partial charge in [0.05, 0.1) is 15.7 Å².